The Morgan fingerprint density at radius 2 is 2.00 bits per heavy atom. The summed E-state index contributed by atoms with van der Waals surface area (Å²) in [5, 5.41) is 9.87. The largest absolute Gasteiger partial charge is 0.480 e. The van der Waals surface area contributed by atoms with E-state index in [-0.39, 0.29) is 6.42 Å². The van der Waals surface area contributed by atoms with Crippen LogP contribution < -0.4 is 0 Å². The van der Waals surface area contributed by atoms with Crippen LogP contribution in [0.25, 0.3) is 0 Å². The van der Waals surface area contributed by atoms with Crippen LogP contribution in [0.5, 0.6) is 0 Å². The molecule has 6 heteroatoms. The van der Waals surface area contributed by atoms with E-state index in [9.17, 15) is 13.2 Å². The molecule has 98 valence electrons. The number of hydrogen-bond donors (Lipinski definition) is 1. The summed E-state index contributed by atoms with van der Waals surface area (Å²) in [5.74, 6) is -1.19. The van der Waals surface area contributed by atoms with Gasteiger partial charge >= 0.3 is 5.97 Å². The fraction of sp³-hybridized carbons (Fsp3) is 0.250. The van der Waals surface area contributed by atoms with Crippen LogP contribution in [0.4, 0.5) is 0 Å². The van der Waals surface area contributed by atoms with Gasteiger partial charge in [0.1, 0.15) is 6.04 Å². The number of aliphatic carboxylic acids is 1. The lowest BCUT2D eigenvalue weighted by Crippen LogP contribution is -2.42. The molecule has 0 saturated heterocycles. The maximum atomic E-state index is 11.6. The topological polar surface area (TPSA) is 74.7 Å². The Kier molecular flexibility index (Phi) is 4.63. The summed E-state index contributed by atoms with van der Waals surface area (Å²) in [6, 6.07) is 7.72. The van der Waals surface area contributed by atoms with E-state index in [0.717, 1.165) is 15.3 Å². The van der Waals surface area contributed by atoms with Gasteiger partial charge in [0.15, 0.2) is 0 Å². The van der Waals surface area contributed by atoms with Crippen molar-refractivity contribution in [3.8, 4) is 0 Å². The smallest absolute Gasteiger partial charge is 0.322 e. The molecule has 1 aromatic rings. The highest BCUT2D eigenvalue weighted by atomic mass is 32.2. The SMILES string of the molecule is C=CS(=O)(=O)N(C)C(Cc1ccccc1)C(=O)O. The van der Waals surface area contributed by atoms with E-state index < -0.39 is 22.0 Å². The molecule has 0 radical (unpaired) electrons. The molecule has 0 aliphatic heterocycles. The van der Waals surface area contributed by atoms with Crippen LogP contribution in [0.2, 0.25) is 0 Å². The Morgan fingerprint density at radius 3 is 2.44 bits per heavy atom. The van der Waals surface area contributed by atoms with Gasteiger partial charge in [-0.3, -0.25) is 4.79 Å². The summed E-state index contributed by atoms with van der Waals surface area (Å²) in [4.78, 5) is 11.2. The lowest BCUT2D eigenvalue weighted by Gasteiger charge is -2.22. The molecule has 0 aliphatic rings. The molecule has 1 atom stereocenters. The van der Waals surface area contributed by atoms with Gasteiger partial charge in [0.2, 0.25) is 10.0 Å². The van der Waals surface area contributed by atoms with Gasteiger partial charge < -0.3 is 5.11 Å². The second kappa shape index (κ2) is 5.79. The van der Waals surface area contributed by atoms with Crippen molar-refractivity contribution >= 4 is 16.0 Å². The molecular weight excluding hydrogens is 254 g/mol. The molecule has 1 N–H and O–H groups in total. The van der Waals surface area contributed by atoms with Gasteiger partial charge in [0, 0.05) is 12.5 Å². The van der Waals surface area contributed by atoms with Gasteiger partial charge in [0.25, 0.3) is 0 Å². The summed E-state index contributed by atoms with van der Waals surface area (Å²) in [5.41, 5.74) is 0.760. The first-order valence-electron chi connectivity index (χ1n) is 5.25. The van der Waals surface area contributed by atoms with E-state index in [1.54, 1.807) is 24.3 Å². The fourth-order valence-electron chi connectivity index (χ4n) is 1.50. The number of rotatable bonds is 6. The molecule has 0 amide bonds. The minimum Gasteiger partial charge on any atom is -0.480 e. The zero-order valence-corrected chi connectivity index (χ0v) is 10.8. The molecule has 0 aliphatic carbocycles. The van der Waals surface area contributed by atoms with Crippen molar-refractivity contribution in [3.63, 3.8) is 0 Å². The summed E-state index contributed by atoms with van der Waals surface area (Å²) in [6.07, 6.45) is 0.111. The molecule has 5 nitrogen and oxygen atoms in total. The second-order valence-corrected chi connectivity index (χ2v) is 5.71. The third-order valence-corrected chi connectivity index (χ3v) is 4.09. The first kappa shape index (κ1) is 14.4. The van der Waals surface area contributed by atoms with Crippen molar-refractivity contribution in [3.05, 3.63) is 47.9 Å². The van der Waals surface area contributed by atoms with Gasteiger partial charge in [0.05, 0.1) is 0 Å². The van der Waals surface area contributed by atoms with Crippen LogP contribution in [0.15, 0.2) is 42.3 Å². The lowest BCUT2D eigenvalue weighted by molar-refractivity contribution is -0.141. The number of sulfonamides is 1. The van der Waals surface area contributed by atoms with Crippen molar-refractivity contribution in [1.29, 1.82) is 0 Å². The Bertz CT molecular complexity index is 524. The lowest BCUT2D eigenvalue weighted by atomic mass is 10.1. The molecule has 0 saturated carbocycles. The van der Waals surface area contributed by atoms with Crippen LogP contribution in [-0.4, -0.2) is 36.9 Å². The van der Waals surface area contributed by atoms with Crippen LogP contribution in [0, 0.1) is 0 Å². The van der Waals surface area contributed by atoms with Crippen molar-refractivity contribution in [1.82, 2.24) is 4.31 Å². The molecule has 0 fully saturated rings. The Balaban J connectivity index is 2.98. The van der Waals surface area contributed by atoms with Gasteiger partial charge in [-0.15, -0.1) is 0 Å². The van der Waals surface area contributed by atoms with Crippen LogP contribution >= 0.6 is 0 Å². The standard InChI is InChI=1S/C12H15NO4S/c1-3-18(16,17)13(2)11(12(14)15)9-10-7-5-4-6-8-10/h3-8,11H,1,9H2,2H3,(H,14,15). The minimum atomic E-state index is -3.75. The predicted molar refractivity (Wildman–Crippen MR) is 68.4 cm³/mol. The Labute approximate surface area is 106 Å². The van der Waals surface area contributed by atoms with E-state index in [1.165, 1.54) is 7.05 Å². The highest BCUT2D eigenvalue weighted by Gasteiger charge is 2.29. The third-order valence-electron chi connectivity index (χ3n) is 2.61. The summed E-state index contributed by atoms with van der Waals surface area (Å²) >= 11 is 0. The average molecular weight is 269 g/mol. The predicted octanol–water partition coefficient (Wildman–Crippen LogP) is 1.09. The van der Waals surface area contributed by atoms with Gasteiger partial charge in [-0.25, -0.2) is 8.42 Å². The number of likely N-dealkylation sites (N-methyl/N-ethyl adjacent to an activating group) is 1. The number of carboxylic acid groups (broad SMARTS) is 1. The number of nitrogens with zero attached hydrogens (tertiary/aromatic N) is 1. The molecule has 1 aromatic carbocycles. The Hall–Kier alpha value is -1.66. The molecule has 0 spiro atoms. The number of benzene rings is 1. The van der Waals surface area contributed by atoms with E-state index in [0.29, 0.717) is 0 Å². The molecule has 0 aromatic heterocycles. The fourth-order valence-corrected chi connectivity index (χ4v) is 2.26. The highest BCUT2D eigenvalue weighted by Crippen LogP contribution is 2.12. The van der Waals surface area contributed by atoms with Crippen LogP contribution in [0.3, 0.4) is 0 Å². The Morgan fingerprint density at radius 1 is 1.44 bits per heavy atom. The van der Waals surface area contributed by atoms with Gasteiger partial charge in [-0.2, -0.15) is 4.31 Å². The normalized spacial score (nSPS) is 13.2. The molecular formula is C12H15NO4S. The first-order valence-corrected chi connectivity index (χ1v) is 6.76. The van der Waals surface area contributed by atoms with Crippen molar-refractivity contribution in [2.45, 2.75) is 12.5 Å². The average Bonchev–Trinajstić information content (AvgIpc) is 2.36. The maximum absolute atomic E-state index is 11.6. The quantitative estimate of drug-likeness (QED) is 0.838. The van der Waals surface area contributed by atoms with Crippen molar-refractivity contribution in [2.24, 2.45) is 0 Å². The minimum absolute atomic E-state index is 0.111. The number of carbonyl (C=O) groups is 1. The first-order chi connectivity index (χ1) is 8.38. The van der Waals surface area contributed by atoms with E-state index in [1.807, 2.05) is 6.07 Å². The summed E-state index contributed by atoms with van der Waals surface area (Å²) < 4.78 is 24.0. The molecule has 1 rings (SSSR count). The van der Waals surface area contributed by atoms with E-state index in [2.05, 4.69) is 6.58 Å². The molecule has 0 bridgehead atoms. The van der Waals surface area contributed by atoms with Crippen LogP contribution in [0.1, 0.15) is 5.56 Å². The maximum Gasteiger partial charge on any atom is 0.322 e. The number of carboxylic acids is 1. The van der Waals surface area contributed by atoms with E-state index >= 15 is 0 Å². The van der Waals surface area contributed by atoms with Gasteiger partial charge in [-0.1, -0.05) is 36.9 Å². The monoisotopic (exact) mass is 269 g/mol. The highest BCUT2D eigenvalue weighted by molar-refractivity contribution is 7.92. The zero-order valence-electron chi connectivity index (χ0n) is 9.98. The third kappa shape index (κ3) is 3.41. The van der Waals surface area contributed by atoms with E-state index in [4.69, 9.17) is 5.11 Å². The van der Waals surface area contributed by atoms with Crippen LogP contribution in [-0.2, 0) is 21.2 Å². The molecule has 18 heavy (non-hydrogen) atoms. The van der Waals surface area contributed by atoms with Gasteiger partial charge in [-0.05, 0) is 12.0 Å². The molecule has 0 heterocycles. The summed E-state index contributed by atoms with van der Waals surface area (Å²) in [6.45, 7) is 3.18. The van der Waals surface area contributed by atoms with Crippen molar-refractivity contribution < 1.29 is 18.3 Å². The zero-order chi connectivity index (χ0) is 13.8. The second-order valence-electron chi connectivity index (χ2n) is 3.77. The van der Waals surface area contributed by atoms with Crippen molar-refractivity contribution in [2.75, 3.05) is 7.05 Å². The molecule has 1 unspecified atom stereocenters. The summed E-state index contributed by atoms with van der Waals surface area (Å²) in [7, 11) is -2.51. The number of hydrogen-bond acceptors (Lipinski definition) is 3.